The lowest BCUT2D eigenvalue weighted by atomic mass is 10.3. The molecule has 0 saturated carbocycles. The Morgan fingerprint density at radius 2 is 1.94 bits per heavy atom. The lowest BCUT2D eigenvalue weighted by Crippen LogP contribution is -3.00. The number of rotatable bonds is 2. The minimum absolute atomic E-state index is 0. The highest BCUT2D eigenvalue weighted by atomic mass is 35.5. The van der Waals surface area contributed by atoms with Gasteiger partial charge in [0, 0.05) is 11.1 Å². The average Bonchev–Trinajstić information content (AvgIpc) is 2.65. The van der Waals surface area contributed by atoms with Crippen molar-refractivity contribution in [2.75, 3.05) is 10.6 Å². The number of hydrogen-bond acceptors (Lipinski definition) is 2. The first kappa shape index (κ1) is 13.9. The van der Waals surface area contributed by atoms with E-state index < -0.39 is 0 Å². The number of thiazole rings is 1. The maximum atomic E-state index is 5.19. The molecule has 0 amide bonds. The Kier molecular flexibility index (Phi) is 5.34. The van der Waals surface area contributed by atoms with Gasteiger partial charge in [-0.05, 0) is 31.3 Å². The standard InChI is InChI=1S/C11H11N3S2.ClH/c1-8-7-16-11(12-8)14-10(15)13-9-5-3-2-4-6-9;/h2-7H,1H3,(H2,12,13,14,15);1H. The fourth-order valence-corrected chi connectivity index (χ4v) is 2.25. The van der Waals surface area contributed by atoms with E-state index in [2.05, 4.69) is 15.6 Å². The van der Waals surface area contributed by atoms with Crippen LogP contribution in [0.15, 0.2) is 35.7 Å². The van der Waals surface area contributed by atoms with Crippen LogP contribution in [0.3, 0.4) is 0 Å². The van der Waals surface area contributed by atoms with Crippen LogP contribution < -0.4 is 28.0 Å². The summed E-state index contributed by atoms with van der Waals surface area (Å²) in [7, 11) is 0. The van der Waals surface area contributed by atoms with Gasteiger partial charge in [0.2, 0.25) is 0 Å². The highest BCUT2D eigenvalue weighted by Crippen LogP contribution is 2.10. The third-order valence-electron chi connectivity index (χ3n) is 1.92. The van der Waals surface area contributed by atoms with Crippen LogP contribution in [0, 0.1) is 6.92 Å². The van der Waals surface area contributed by atoms with Gasteiger partial charge in [0.1, 0.15) is 5.69 Å². The minimum Gasteiger partial charge on any atom is -1.00 e. The predicted octanol–water partition coefficient (Wildman–Crippen LogP) is -0.316. The molecule has 17 heavy (non-hydrogen) atoms. The number of para-hydroxylation sites is 1. The van der Waals surface area contributed by atoms with Crippen LogP contribution in [0.2, 0.25) is 0 Å². The van der Waals surface area contributed by atoms with Gasteiger partial charge < -0.3 is 17.7 Å². The Balaban J connectivity index is 0.00000144. The Hall–Kier alpha value is -1.17. The zero-order valence-corrected chi connectivity index (χ0v) is 11.5. The van der Waals surface area contributed by atoms with Crippen LogP contribution in [-0.2, 0) is 0 Å². The average molecular weight is 286 g/mol. The summed E-state index contributed by atoms with van der Waals surface area (Å²) in [6.07, 6.45) is 0. The molecule has 0 fully saturated rings. The summed E-state index contributed by atoms with van der Waals surface area (Å²) >= 11 is 6.79. The maximum Gasteiger partial charge on any atom is 0.338 e. The Labute approximate surface area is 116 Å². The predicted molar refractivity (Wildman–Crippen MR) is 71.9 cm³/mol. The number of aromatic amines is 1. The van der Waals surface area contributed by atoms with Gasteiger partial charge in [0.05, 0.1) is 0 Å². The number of aromatic nitrogens is 1. The lowest BCUT2D eigenvalue weighted by molar-refractivity contribution is -0.363. The molecule has 3 N–H and O–H groups in total. The van der Waals surface area contributed by atoms with Crippen molar-refractivity contribution < 1.29 is 17.4 Å². The maximum absolute atomic E-state index is 5.19. The fourth-order valence-electron chi connectivity index (χ4n) is 1.23. The van der Waals surface area contributed by atoms with E-state index in [0.29, 0.717) is 5.11 Å². The largest absolute Gasteiger partial charge is 1.00 e. The molecule has 0 saturated heterocycles. The van der Waals surface area contributed by atoms with Gasteiger partial charge in [0.15, 0.2) is 0 Å². The second-order valence-corrected chi connectivity index (χ2v) is 4.61. The third-order valence-corrected chi connectivity index (χ3v) is 3.04. The van der Waals surface area contributed by atoms with E-state index in [0.717, 1.165) is 16.5 Å². The van der Waals surface area contributed by atoms with Crippen LogP contribution in [0.1, 0.15) is 5.69 Å². The van der Waals surface area contributed by atoms with Crippen molar-refractivity contribution in [2.45, 2.75) is 6.92 Å². The van der Waals surface area contributed by atoms with Crippen molar-refractivity contribution in [3.8, 4) is 0 Å². The summed E-state index contributed by atoms with van der Waals surface area (Å²) in [5.41, 5.74) is 2.10. The summed E-state index contributed by atoms with van der Waals surface area (Å²) in [6.45, 7) is 2.01. The van der Waals surface area contributed by atoms with E-state index in [4.69, 9.17) is 12.2 Å². The molecule has 0 spiro atoms. The van der Waals surface area contributed by atoms with Crippen molar-refractivity contribution in [3.63, 3.8) is 0 Å². The topological polar surface area (TPSA) is 38.2 Å². The molecule has 0 atom stereocenters. The Morgan fingerprint density at radius 3 is 2.53 bits per heavy atom. The minimum atomic E-state index is 0. The van der Waals surface area contributed by atoms with E-state index in [9.17, 15) is 0 Å². The Morgan fingerprint density at radius 1 is 1.24 bits per heavy atom. The lowest BCUT2D eigenvalue weighted by Gasteiger charge is -2.02. The zero-order chi connectivity index (χ0) is 11.4. The third kappa shape index (κ3) is 4.30. The highest BCUT2D eigenvalue weighted by molar-refractivity contribution is 7.80. The van der Waals surface area contributed by atoms with Crippen LogP contribution in [-0.4, -0.2) is 5.11 Å². The van der Waals surface area contributed by atoms with Gasteiger partial charge in [-0.25, -0.2) is 10.3 Å². The molecule has 90 valence electrons. The van der Waals surface area contributed by atoms with E-state index in [1.54, 1.807) is 11.3 Å². The van der Waals surface area contributed by atoms with E-state index in [1.165, 1.54) is 0 Å². The summed E-state index contributed by atoms with van der Waals surface area (Å²) in [5.74, 6) is 0. The number of H-pyrrole nitrogens is 1. The van der Waals surface area contributed by atoms with Crippen LogP contribution in [0.25, 0.3) is 0 Å². The first-order valence-corrected chi connectivity index (χ1v) is 6.13. The van der Waals surface area contributed by atoms with Gasteiger partial charge in [-0.15, -0.1) is 0 Å². The van der Waals surface area contributed by atoms with Crippen LogP contribution >= 0.6 is 23.6 Å². The molecule has 1 aromatic carbocycles. The molecule has 2 aromatic rings. The molecule has 0 radical (unpaired) electrons. The van der Waals surface area contributed by atoms with Crippen LogP contribution in [0.5, 0.6) is 0 Å². The fraction of sp³-hybridized carbons (Fsp3) is 0.0909. The number of hydrogen-bond donors (Lipinski definition) is 2. The molecular weight excluding hydrogens is 274 g/mol. The first-order chi connectivity index (χ1) is 7.74. The number of halogens is 1. The molecule has 0 aliphatic carbocycles. The number of anilines is 2. The molecule has 3 nitrogen and oxygen atoms in total. The second-order valence-electron chi connectivity index (χ2n) is 3.32. The molecule has 0 unspecified atom stereocenters. The molecule has 0 bridgehead atoms. The van der Waals surface area contributed by atoms with Crippen LogP contribution in [0.4, 0.5) is 10.8 Å². The van der Waals surface area contributed by atoms with Gasteiger partial charge in [0.25, 0.3) is 5.11 Å². The summed E-state index contributed by atoms with van der Waals surface area (Å²) in [6, 6.07) is 9.84. The van der Waals surface area contributed by atoms with Gasteiger partial charge in [-0.1, -0.05) is 29.5 Å². The van der Waals surface area contributed by atoms with Gasteiger partial charge in [-0.3, -0.25) is 0 Å². The summed E-state index contributed by atoms with van der Waals surface area (Å²) < 4.78 is 0. The number of thiocarbonyl (C=S) groups is 1. The second kappa shape index (κ2) is 6.54. The molecule has 1 heterocycles. The van der Waals surface area contributed by atoms with Crippen molar-refractivity contribution >= 4 is 39.5 Å². The number of nitrogens with one attached hydrogen (secondary N) is 3. The van der Waals surface area contributed by atoms with Crippen molar-refractivity contribution in [1.82, 2.24) is 0 Å². The highest BCUT2D eigenvalue weighted by Gasteiger charge is 2.08. The van der Waals surface area contributed by atoms with Gasteiger partial charge >= 0.3 is 5.13 Å². The molecule has 1 aromatic heterocycles. The summed E-state index contributed by atoms with van der Waals surface area (Å²) in [5, 5.41) is 9.76. The molecule has 6 heteroatoms. The quantitative estimate of drug-likeness (QED) is 0.743. The first-order valence-electron chi connectivity index (χ1n) is 4.84. The van der Waals surface area contributed by atoms with E-state index >= 15 is 0 Å². The number of aryl methyl sites for hydroxylation is 1. The van der Waals surface area contributed by atoms with Crippen molar-refractivity contribution in [3.05, 3.63) is 41.4 Å². The van der Waals surface area contributed by atoms with Crippen molar-refractivity contribution in [2.24, 2.45) is 0 Å². The van der Waals surface area contributed by atoms with Crippen molar-refractivity contribution in [1.29, 1.82) is 0 Å². The zero-order valence-electron chi connectivity index (χ0n) is 9.16. The molecule has 2 rings (SSSR count). The molecule has 0 aliphatic rings. The van der Waals surface area contributed by atoms with Gasteiger partial charge in [-0.2, -0.15) is 0 Å². The Bertz CT molecular complexity index is 484. The smallest absolute Gasteiger partial charge is 0.338 e. The number of benzene rings is 1. The normalized spacial score (nSPS) is 9.24. The monoisotopic (exact) mass is 285 g/mol. The molecule has 0 aliphatic heterocycles. The van der Waals surface area contributed by atoms with E-state index in [-0.39, 0.29) is 12.4 Å². The summed E-state index contributed by atoms with van der Waals surface area (Å²) in [4.78, 5) is 3.17. The van der Waals surface area contributed by atoms with E-state index in [1.807, 2.05) is 42.6 Å². The SMILES string of the molecule is Cc1csc(NC(=S)Nc2ccccc2)[nH+]1.[Cl-]. The molecular formula is C11H12ClN3S2.